The number of hydrogen-bond acceptors (Lipinski definition) is 3. The lowest BCUT2D eigenvalue weighted by molar-refractivity contribution is -0.122. The summed E-state index contributed by atoms with van der Waals surface area (Å²) in [7, 11) is 0. The third-order valence-electron chi connectivity index (χ3n) is 4.17. The van der Waals surface area contributed by atoms with Crippen LogP contribution in [0.25, 0.3) is 0 Å². The summed E-state index contributed by atoms with van der Waals surface area (Å²) < 4.78 is 19.2. The first-order chi connectivity index (χ1) is 12.8. The number of amides is 3. The van der Waals surface area contributed by atoms with Crippen molar-refractivity contribution in [1.82, 2.24) is 5.32 Å². The second-order valence-electron chi connectivity index (χ2n) is 6.28. The first-order valence-electron chi connectivity index (χ1n) is 8.45. The summed E-state index contributed by atoms with van der Waals surface area (Å²) in [6.45, 7) is 4.12. The summed E-state index contributed by atoms with van der Waals surface area (Å²) in [4.78, 5) is 26.0. The van der Waals surface area contributed by atoms with Crippen LogP contribution in [0.4, 0.5) is 20.6 Å². The summed E-state index contributed by atoms with van der Waals surface area (Å²) in [5.74, 6) is -0.388. The monoisotopic (exact) mass is 435 g/mol. The molecule has 1 fully saturated rings. The van der Waals surface area contributed by atoms with Crippen LogP contribution in [0.3, 0.4) is 0 Å². The molecule has 0 saturated carbocycles. The van der Waals surface area contributed by atoms with Gasteiger partial charge in [0.05, 0.1) is 10.5 Å². The topological polar surface area (TPSA) is 70.7 Å². The Morgan fingerprint density at radius 2 is 2.15 bits per heavy atom. The molecule has 0 spiro atoms. The maximum absolute atomic E-state index is 13.2. The molecule has 2 aromatic carbocycles. The second kappa shape index (κ2) is 7.96. The Balaban J connectivity index is 1.68. The van der Waals surface area contributed by atoms with Gasteiger partial charge in [-0.3, -0.25) is 9.69 Å². The normalized spacial score (nSPS) is 17.4. The van der Waals surface area contributed by atoms with Crippen LogP contribution in [0.5, 0.6) is 5.75 Å². The molecular formula is C19H19BrFN3O3. The zero-order valence-electron chi connectivity index (χ0n) is 14.8. The van der Waals surface area contributed by atoms with E-state index in [-0.39, 0.29) is 18.0 Å². The Bertz CT molecular complexity index is 877. The molecule has 0 unspecified atom stereocenters. The van der Waals surface area contributed by atoms with Crippen molar-refractivity contribution in [3.63, 3.8) is 0 Å². The quantitative estimate of drug-likeness (QED) is 0.747. The van der Waals surface area contributed by atoms with Gasteiger partial charge in [-0.05, 0) is 66.2 Å². The van der Waals surface area contributed by atoms with Crippen molar-refractivity contribution in [2.45, 2.75) is 26.0 Å². The van der Waals surface area contributed by atoms with Crippen molar-refractivity contribution in [3.8, 4) is 5.75 Å². The lowest BCUT2D eigenvalue weighted by Crippen LogP contribution is -2.32. The number of carbonyl (C=O) groups excluding carboxylic acids is 2. The highest BCUT2D eigenvalue weighted by Gasteiger charge is 2.28. The van der Waals surface area contributed by atoms with Gasteiger partial charge < -0.3 is 15.4 Å². The summed E-state index contributed by atoms with van der Waals surface area (Å²) >= 11 is 3.21. The van der Waals surface area contributed by atoms with Crippen LogP contribution < -0.4 is 20.3 Å². The molecule has 3 amide bonds. The van der Waals surface area contributed by atoms with Crippen molar-refractivity contribution in [2.75, 3.05) is 16.8 Å². The minimum absolute atomic E-state index is 0.0292. The van der Waals surface area contributed by atoms with Crippen molar-refractivity contribution >= 4 is 39.2 Å². The fraction of sp³-hybridized carbons (Fsp3) is 0.263. The predicted octanol–water partition coefficient (Wildman–Crippen LogP) is 3.91. The molecule has 1 saturated heterocycles. The number of anilines is 2. The standard InChI is InChI=1S/C19H19BrFN3O3/c1-11-10-22-19(26)24(11)15-5-3-4-14(9-15)23-18(25)12(2)27-17-7-6-13(21)8-16(17)20/h3-9,11-12H,10H2,1-2H3,(H,22,26)(H,23,25)/t11-,12+/m1/s1. The van der Waals surface area contributed by atoms with Gasteiger partial charge in [-0.1, -0.05) is 6.07 Å². The molecule has 2 N–H and O–H groups in total. The zero-order valence-corrected chi connectivity index (χ0v) is 16.4. The molecule has 0 radical (unpaired) electrons. The number of rotatable bonds is 5. The minimum Gasteiger partial charge on any atom is -0.480 e. The average Bonchev–Trinajstić information content (AvgIpc) is 2.96. The molecule has 27 heavy (non-hydrogen) atoms. The number of ether oxygens (including phenoxy) is 1. The molecule has 0 aliphatic carbocycles. The minimum atomic E-state index is -0.801. The maximum atomic E-state index is 13.2. The summed E-state index contributed by atoms with van der Waals surface area (Å²) in [6.07, 6.45) is -0.801. The molecule has 8 heteroatoms. The molecule has 1 aliphatic rings. The summed E-state index contributed by atoms with van der Waals surface area (Å²) in [6, 6.07) is 10.9. The van der Waals surface area contributed by atoms with E-state index in [1.807, 2.05) is 13.0 Å². The molecule has 0 bridgehead atoms. The van der Waals surface area contributed by atoms with Crippen LogP contribution in [0.2, 0.25) is 0 Å². The third-order valence-corrected chi connectivity index (χ3v) is 4.79. The van der Waals surface area contributed by atoms with Crippen molar-refractivity contribution < 1.29 is 18.7 Å². The van der Waals surface area contributed by atoms with Gasteiger partial charge in [0.15, 0.2) is 6.10 Å². The fourth-order valence-electron chi connectivity index (χ4n) is 2.78. The van der Waals surface area contributed by atoms with Crippen molar-refractivity contribution in [3.05, 3.63) is 52.8 Å². The molecule has 1 heterocycles. The van der Waals surface area contributed by atoms with Crippen LogP contribution in [0, 0.1) is 5.82 Å². The Morgan fingerprint density at radius 3 is 2.81 bits per heavy atom. The van der Waals surface area contributed by atoms with E-state index in [0.29, 0.717) is 28.1 Å². The van der Waals surface area contributed by atoms with Gasteiger partial charge in [0.1, 0.15) is 11.6 Å². The van der Waals surface area contributed by atoms with Gasteiger partial charge in [0.25, 0.3) is 5.91 Å². The van der Waals surface area contributed by atoms with Gasteiger partial charge in [0.2, 0.25) is 0 Å². The van der Waals surface area contributed by atoms with E-state index in [2.05, 4.69) is 26.6 Å². The van der Waals surface area contributed by atoms with Gasteiger partial charge in [0, 0.05) is 17.9 Å². The lowest BCUT2D eigenvalue weighted by Gasteiger charge is -2.21. The molecule has 3 rings (SSSR count). The van der Waals surface area contributed by atoms with Gasteiger partial charge >= 0.3 is 6.03 Å². The third kappa shape index (κ3) is 4.39. The second-order valence-corrected chi connectivity index (χ2v) is 7.13. The first kappa shape index (κ1) is 19.2. The van der Waals surface area contributed by atoms with Gasteiger partial charge in [-0.15, -0.1) is 0 Å². The van der Waals surface area contributed by atoms with E-state index in [4.69, 9.17) is 4.74 Å². The number of nitrogens with zero attached hydrogens (tertiary/aromatic N) is 1. The van der Waals surface area contributed by atoms with E-state index >= 15 is 0 Å². The van der Waals surface area contributed by atoms with E-state index < -0.39 is 11.9 Å². The van der Waals surface area contributed by atoms with Crippen LogP contribution >= 0.6 is 15.9 Å². The highest BCUT2D eigenvalue weighted by molar-refractivity contribution is 9.10. The molecule has 6 nitrogen and oxygen atoms in total. The first-order valence-corrected chi connectivity index (χ1v) is 9.24. The molecule has 1 aliphatic heterocycles. The maximum Gasteiger partial charge on any atom is 0.322 e. The molecule has 2 atom stereocenters. The van der Waals surface area contributed by atoms with Crippen LogP contribution in [0.1, 0.15) is 13.8 Å². The molecule has 142 valence electrons. The largest absolute Gasteiger partial charge is 0.480 e. The molecular weight excluding hydrogens is 417 g/mol. The van der Waals surface area contributed by atoms with E-state index in [1.165, 1.54) is 18.2 Å². The number of nitrogens with one attached hydrogen (secondary N) is 2. The van der Waals surface area contributed by atoms with Crippen LogP contribution in [0.15, 0.2) is 46.9 Å². The lowest BCUT2D eigenvalue weighted by atomic mass is 10.2. The van der Waals surface area contributed by atoms with Gasteiger partial charge in [-0.2, -0.15) is 0 Å². The summed E-state index contributed by atoms with van der Waals surface area (Å²) in [5, 5.41) is 5.56. The highest BCUT2D eigenvalue weighted by atomic mass is 79.9. The Morgan fingerprint density at radius 1 is 1.37 bits per heavy atom. The highest BCUT2D eigenvalue weighted by Crippen LogP contribution is 2.27. The molecule has 0 aromatic heterocycles. The fourth-order valence-corrected chi connectivity index (χ4v) is 3.22. The van der Waals surface area contributed by atoms with Crippen LogP contribution in [-0.2, 0) is 4.79 Å². The predicted molar refractivity (Wildman–Crippen MR) is 105 cm³/mol. The Hall–Kier alpha value is -2.61. The van der Waals surface area contributed by atoms with Crippen molar-refractivity contribution in [1.29, 1.82) is 0 Å². The SMILES string of the molecule is C[C@H](Oc1ccc(F)cc1Br)C(=O)Nc1cccc(N2C(=O)NC[C@H]2C)c1. The Kier molecular flexibility index (Phi) is 5.65. The van der Waals surface area contributed by atoms with E-state index in [1.54, 1.807) is 30.0 Å². The number of urea groups is 1. The van der Waals surface area contributed by atoms with Crippen molar-refractivity contribution in [2.24, 2.45) is 0 Å². The molecule has 2 aromatic rings. The number of halogens is 2. The average molecular weight is 436 g/mol. The Labute approximate surface area is 164 Å². The van der Waals surface area contributed by atoms with Gasteiger partial charge in [-0.25, -0.2) is 9.18 Å². The van der Waals surface area contributed by atoms with Crippen LogP contribution in [-0.4, -0.2) is 30.6 Å². The number of benzene rings is 2. The number of hydrogen-bond donors (Lipinski definition) is 2. The zero-order chi connectivity index (χ0) is 19.6. The smallest absolute Gasteiger partial charge is 0.322 e. The number of carbonyl (C=O) groups is 2. The van der Waals surface area contributed by atoms with E-state index in [0.717, 1.165) is 0 Å². The summed E-state index contributed by atoms with van der Waals surface area (Å²) in [5.41, 5.74) is 1.25. The van der Waals surface area contributed by atoms with E-state index in [9.17, 15) is 14.0 Å².